The van der Waals surface area contributed by atoms with Crippen LogP contribution in [0.3, 0.4) is 0 Å². The molecule has 0 aliphatic heterocycles. The van der Waals surface area contributed by atoms with E-state index in [0.29, 0.717) is 12.2 Å². The van der Waals surface area contributed by atoms with Gasteiger partial charge in [-0.2, -0.15) is 0 Å². The van der Waals surface area contributed by atoms with E-state index < -0.39 is 0 Å². The van der Waals surface area contributed by atoms with Gasteiger partial charge in [0.15, 0.2) is 0 Å². The highest BCUT2D eigenvalue weighted by Crippen LogP contribution is 2.20. The molecule has 0 saturated heterocycles. The number of aliphatic hydroxyl groups excluding tert-OH is 1. The quantitative estimate of drug-likeness (QED) is 0.357. The highest BCUT2D eigenvalue weighted by atomic mass is 16.5. The lowest BCUT2D eigenvalue weighted by molar-refractivity contribution is 0.104. The Kier molecular flexibility index (Phi) is 6.76. The summed E-state index contributed by atoms with van der Waals surface area (Å²) in [6, 6.07) is 17.1. The highest BCUT2D eigenvalue weighted by molar-refractivity contribution is 6.04. The van der Waals surface area contributed by atoms with Gasteiger partial charge in [-0.3, -0.25) is 4.79 Å². The minimum atomic E-state index is -0.145. The number of hydrogen-bond donors (Lipinski definition) is 1. The Balaban J connectivity index is 1.63. The molecular formula is C24H24N2O3. The summed E-state index contributed by atoms with van der Waals surface area (Å²) in [5.74, 6) is 0.616. The average molecular weight is 388 g/mol. The number of carbonyl (C=O) groups is 1. The Morgan fingerprint density at radius 2 is 1.90 bits per heavy atom. The van der Waals surface area contributed by atoms with Crippen molar-refractivity contribution in [3.63, 3.8) is 0 Å². The molecule has 5 heteroatoms. The normalized spacial score (nSPS) is 11.4. The van der Waals surface area contributed by atoms with Crippen LogP contribution in [-0.4, -0.2) is 43.2 Å². The maximum Gasteiger partial charge on any atom is 0.204 e. The van der Waals surface area contributed by atoms with E-state index in [4.69, 9.17) is 9.84 Å². The number of carbonyl (C=O) groups excluding carboxylic acids is 1. The monoisotopic (exact) mass is 388 g/mol. The molecule has 1 N–H and O–H groups in total. The van der Waals surface area contributed by atoms with Crippen molar-refractivity contribution in [2.45, 2.75) is 0 Å². The second-order valence-electron chi connectivity index (χ2n) is 6.57. The fourth-order valence-electron chi connectivity index (χ4n) is 2.88. The Bertz CT molecular complexity index is 1040. The predicted octanol–water partition coefficient (Wildman–Crippen LogP) is 4.12. The first-order chi connectivity index (χ1) is 14.1. The van der Waals surface area contributed by atoms with Crippen LogP contribution in [0.4, 0.5) is 5.69 Å². The second-order valence-corrected chi connectivity index (χ2v) is 6.57. The molecule has 3 rings (SSSR count). The van der Waals surface area contributed by atoms with Crippen molar-refractivity contribution < 1.29 is 14.6 Å². The summed E-state index contributed by atoms with van der Waals surface area (Å²) < 4.78 is 5.21. The lowest BCUT2D eigenvalue weighted by Gasteiger charge is -2.17. The van der Waals surface area contributed by atoms with Gasteiger partial charge in [-0.15, -0.1) is 0 Å². The van der Waals surface area contributed by atoms with Gasteiger partial charge in [-0.25, -0.2) is 4.98 Å². The Labute approximate surface area is 170 Å². The van der Waals surface area contributed by atoms with E-state index in [1.165, 1.54) is 6.08 Å². The fourth-order valence-corrected chi connectivity index (χ4v) is 2.88. The standard InChI is InChI=1S/C24H24N2O3/c1-26(15-16-27)20-10-7-18(8-11-20)5-3-4-6-24(28)23-13-9-19-17-21(29-2)12-14-22(19)25-23/h3-14,17,27H,15-16H2,1-2H3/b5-3+,6-4+. The number of hydrogen-bond acceptors (Lipinski definition) is 5. The summed E-state index contributed by atoms with van der Waals surface area (Å²) in [7, 11) is 3.56. The van der Waals surface area contributed by atoms with Crippen LogP contribution in [0, 0.1) is 0 Å². The van der Waals surface area contributed by atoms with Crippen molar-refractivity contribution in [1.82, 2.24) is 4.98 Å². The maximum atomic E-state index is 12.4. The zero-order valence-corrected chi connectivity index (χ0v) is 16.6. The number of methoxy groups -OCH3 is 1. The number of likely N-dealkylation sites (N-methyl/N-ethyl adjacent to an activating group) is 1. The highest BCUT2D eigenvalue weighted by Gasteiger charge is 2.05. The van der Waals surface area contributed by atoms with Crippen molar-refractivity contribution in [3.8, 4) is 5.75 Å². The lowest BCUT2D eigenvalue weighted by atomic mass is 10.1. The number of ether oxygens (including phenoxy) is 1. The van der Waals surface area contributed by atoms with Crippen LogP contribution < -0.4 is 9.64 Å². The van der Waals surface area contributed by atoms with E-state index in [-0.39, 0.29) is 12.4 Å². The van der Waals surface area contributed by atoms with Crippen LogP contribution in [0.1, 0.15) is 16.1 Å². The van der Waals surface area contributed by atoms with Crippen molar-refractivity contribution in [1.29, 1.82) is 0 Å². The van der Waals surface area contributed by atoms with Crippen LogP contribution in [0.15, 0.2) is 72.8 Å². The van der Waals surface area contributed by atoms with Crippen molar-refractivity contribution in [2.24, 2.45) is 0 Å². The van der Waals surface area contributed by atoms with E-state index in [1.54, 1.807) is 19.3 Å². The fraction of sp³-hybridized carbons (Fsp3) is 0.167. The van der Waals surface area contributed by atoms with Crippen LogP contribution in [0.5, 0.6) is 5.75 Å². The molecule has 29 heavy (non-hydrogen) atoms. The van der Waals surface area contributed by atoms with Gasteiger partial charge in [0.1, 0.15) is 11.4 Å². The molecule has 2 aromatic carbocycles. The molecular weight excluding hydrogens is 364 g/mol. The number of aromatic nitrogens is 1. The Morgan fingerprint density at radius 3 is 2.62 bits per heavy atom. The first kappa shape index (κ1) is 20.3. The third-order valence-corrected chi connectivity index (χ3v) is 4.57. The smallest absolute Gasteiger partial charge is 0.204 e. The van der Waals surface area contributed by atoms with E-state index in [2.05, 4.69) is 4.98 Å². The van der Waals surface area contributed by atoms with Gasteiger partial charge in [0.25, 0.3) is 0 Å². The number of allylic oxidation sites excluding steroid dienone is 3. The molecule has 0 atom stereocenters. The van der Waals surface area contributed by atoms with Crippen molar-refractivity contribution >= 4 is 28.4 Å². The second kappa shape index (κ2) is 9.66. The molecule has 3 aromatic rings. The van der Waals surface area contributed by atoms with Gasteiger partial charge in [0.2, 0.25) is 5.78 Å². The van der Waals surface area contributed by atoms with Gasteiger partial charge >= 0.3 is 0 Å². The zero-order valence-electron chi connectivity index (χ0n) is 16.6. The van der Waals surface area contributed by atoms with Gasteiger partial charge in [0.05, 0.1) is 19.2 Å². The molecule has 0 unspecified atom stereocenters. The molecule has 0 bridgehead atoms. The Morgan fingerprint density at radius 1 is 1.10 bits per heavy atom. The minimum absolute atomic E-state index is 0.122. The summed E-state index contributed by atoms with van der Waals surface area (Å²) in [5.41, 5.74) is 3.23. The summed E-state index contributed by atoms with van der Waals surface area (Å²) in [6.45, 7) is 0.716. The topological polar surface area (TPSA) is 62.7 Å². The molecule has 1 heterocycles. The molecule has 0 saturated carbocycles. The van der Waals surface area contributed by atoms with Crippen LogP contribution in [0.2, 0.25) is 0 Å². The lowest BCUT2D eigenvalue weighted by Crippen LogP contribution is -2.20. The number of aliphatic hydroxyl groups is 1. The van der Waals surface area contributed by atoms with Crippen molar-refractivity contribution in [3.05, 3.63) is 84.1 Å². The van der Waals surface area contributed by atoms with E-state index in [1.807, 2.05) is 72.6 Å². The number of fused-ring (bicyclic) bond motifs is 1. The number of rotatable bonds is 8. The largest absolute Gasteiger partial charge is 0.497 e. The molecule has 0 fully saturated rings. The molecule has 0 spiro atoms. The van der Waals surface area contributed by atoms with E-state index >= 15 is 0 Å². The van der Waals surface area contributed by atoms with Gasteiger partial charge in [-0.1, -0.05) is 36.4 Å². The third kappa shape index (κ3) is 5.30. The van der Waals surface area contributed by atoms with Crippen LogP contribution >= 0.6 is 0 Å². The van der Waals surface area contributed by atoms with Gasteiger partial charge in [0, 0.05) is 24.7 Å². The molecule has 0 aliphatic rings. The number of ketones is 1. The SMILES string of the molecule is COc1ccc2nc(C(=O)/C=C/C=C/c3ccc(N(C)CCO)cc3)ccc2c1. The van der Waals surface area contributed by atoms with Crippen LogP contribution in [0.25, 0.3) is 17.0 Å². The summed E-state index contributed by atoms with van der Waals surface area (Å²) >= 11 is 0. The molecule has 0 radical (unpaired) electrons. The summed E-state index contributed by atoms with van der Waals surface area (Å²) in [4.78, 5) is 18.8. The van der Waals surface area contributed by atoms with E-state index in [9.17, 15) is 4.79 Å². The van der Waals surface area contributed by atoms with Gasteiger partial charge in [-0.05, 0) is 48.0 Å². The number of pyridine rings is 1. The number of anilines is 1. The Hall–Kier alpha value is -3.44. The predicted molar refractivity (Wildman–Crippen MR) is 118 cm³/mol. The van der Waals surface area contributed by atoms with E-state index in [0.717, 1.165) is 27.9 Å². The van der Waals surface area contributed by atoms with Crippen LogP contribution in [-0.2, 0) is 0 Å². The molecule has 1 aromatic heterocycles. The average Bonchev–Trinajstić information content (AvgIpc) is 2.76. The first-order valence-corrected chi connectivity index (χ1v) is 9.36. The summed E-state index contributed by atoms with van der Waals surface area (Å²) in [5, 5.41) is 9.93. The number of benzene rings is 2. The third-order valence-electron chi connectivity index (χ3n) is 4.57. The number of nitrogens with zero attached hydrogens (tertiary/aromatic N) is 2. The molecule has 148 valence electrons. The zero-order chi connectivity index (χ0) is 20.6. The molecule has 0 amide bonds. The maximum absolute atomic E-state index is 12.4. The first-order valence-electron chi connectivity index (χ1n) is 9.36. The molecule has 5 nitrogen and oxygen atoms in total. The minimum Gasteiger partial charge on any atom is -0.497 e. The van der Waals surface area contributed by atoms with Gasteiger partial charge < -0.3 is 14.7 Å². The summed E-state index contributed by atoms with van der Waals surface area (Å²) in [6.07, 6.45) is 6.99. The molecule has 0 aliphatic carbocycles. The van der Waals surface area contributed by atoms with Crippen molar-refractivity contribution in [2.75, 3.05) is 32.2 Å².